The second kappa shape index (κ2) is 8.98. The number of ketones is 1. The number of halogens is 1. The molecule has 1 fully saturated rings. The van der Waals surface area contributed by atoms with Crippen molar-refractivity contribution in [3.05, 3.63) is 70.1 Å². The van der Waals surface area contributed by atoms with Crippen molar-refractivity contribution in [1.29, 1.82) is 0 Å². The normalized spacial score (nSPS) is 14.3. The first-order valence-corrected chi connectivity index (χ1v) is 10.6. The minimum atomic E-state index is 0.0258. The summed E-state index contributed by atoms with van der Waals surface area (Å²) >= 11 is 6.06. The summed E-state index contributed by atoms with van der Waals surface area (Å²) in [6.07, 6.45) is 3.46. The zero-order chi connectivity index (χ0) is 21.1. The van der Waals surface area contributed by atoms with Gasteiger partial charge in [0.15, 0.2) is 5.78 Å². The van der Waals surface area contributed by atoms with Crippen molar-refractivity contribution in [2.45, 2.75) is 26.2 Å². The first kappa shape index (κ1) is 20.6. The molecule has 156 valence electrons. The quantitative estimate of drug-likeness (QED) is 0.563. The van der Waals surface area contributed by atoms with Gasteiger partial charge in [-0.15, -0.1) is 0 Å². The summed E-state index contributed by atoms with van der Waals surface area (Å²) in [5, 5.41) is 0.598. The first-order valence-electron chi connectivity index (χ1n) is 10.2. The largest absolute Gasteiger partial charge is 0.378 e. The van der Waals surface area contributed by atoms with Gasteiger partial charge >= 0.3 is 0 Å². The Balaban J connectivity index is 1.44. The van der Waals surface area contributed by atoms with Crippen LogP contribution in [0.2, 0.25) is 5.02 Å². The average molecular weight is 426 g/mol. The zero-order valence-corrected chi connectivity index (χ0v) is 17.7. The highest BCUT2D eigenvalue weighted by molar-refractivity contribution is 6.30. The Bertz CT molecular complexity index is 1070. The highest BCUT2D eigenvalue weighted by Gasteiger charge is 2.20. The number of pyridine rings is 1. The van der Waals surface area contributed by atoms with Gasteiger partial charge in [-0.05, 0) is 36.6 Å². The molecule has 0 atom stereocenters. The molecule has 30 heavy (non-hydrogen) atoms. The van der Waals surface area contributed by atoms with E-state index in [2.05, 4.69) is 4.98 Å². The van der Waals surface area contributed by atoms with E-state index in [0.29, 0.717) is 67.5 Å². The molecule has 1 aliphatic heterocycles. The smallest absolute Gasteiger partial charge is 0.254 e. The molecular weight excluding hydrogens is 402 g/mol. The molecule has 1 aromatic carbocycles. The monoisotopic (exact) mass is 425 g/mol. The molecule has 7 heteroatoms. The molecular formula is C23H24ClN3O3. The third-order valence-electron chi connectivity index (χ3n) is 5.40. The Morgan fingerprint density at radius 3 is 2.57 bits per heavy atom. The van der Waals surface area contributed by atoms with Crippen molar-refractivity contribution in [3.8, 4) is 0 Å². The Kier molecular flexibility index (Phi) is 6.16. The van der Waals surface area contributed by atoms with Crippen LogP contribution in [0.15, 0.2) is 42.6 Å². The lowest BCUT2D eigenvalue weighted by Crippen LogP contribution is -2.40. The standard InChI is InChI=1S/C23H24ClN3O3/c1-2-19-22(27-10-9-18(24)15-21(27)25-19)20(28)8-5-16-3-6-17(7-4-16)23(29)26-11-13-30-14-12-26/h3-4,6-7,9-10,15H,2,5,8,11-14H2,1H3. The SMILES string of the molecule is CCc1nc2cc(Cl)ccn2c1C(=O)CCc1ccc(C(=O)N2CCOCC2)cc1. The molecule has 0 bridgehead atoms. The summed E-state index contributed by atoms with van der Waals surface area (Å²) < 4.78 is 7.12. The van der Waals surface area contributed by atoms with Crippen LogP contribution in [0, 0.1) is 0 Å². The predicted molar refractivity (Wildman–Crippen MR) is 115 cm³/mol. The van der Waals surface area contributed by atoms with Crippen molar-refractivity contribution >= 4 is 28.9 Å². The van der Waals surface area contributed by atoms with Gasteiger partial charge in [0.1, 0.15) is 11.3 Å². The second-order valence-electron chi connectivity index (χ2n) is 7.36. The molecule has 3 aromatic rings. The highest BCUT2D eigenvalue weighted by atomic mass is 35.5. The number of ether oxygens (including phenoxy) is 1. The highest BCUT2D eigenvalue weighted by Crippen LogP contribution is 2.20. The fourth-order valence-electron chi connectivity index (χ4n) is 3.75. The maximum Gasteiger partial charge on any atom is 0.254 e. The number of morpholine rings is 1. The number of rotatable bonds is 6. The zero-order valence-electron chi connectivity index (χ0n) is 16.9. The number of hydrogen-bond donors (Lipinski definition) is 0. The van der Waals surface area contributed by atoms with Crippen LogP contribution in [-0.2, 0) is 17.6 Å². The topological polar surface area (TPSA) is 63.9 Å². The van der Waals surface area contributed by atoms with Crippen LogP contribution in [0.4, 0.5) is 0 Å². The maximum atomic E-state index is 13.0. The van der Waals surface area contributed by atoms with Gasteiger partial charge in [0.25, 0.3) is 5.91 Å². The van der Waals surface area contributed by atoms with Crippen LogP contribution < -0.4 is 0 Å². The lowest BCUT2D eigenvalue weighted by molar-refractivity contribution is 0.0303. The van der Waals surface area contributed by atoms with E-state index in [4.69, 9.17) is 16.3 Å². The van der Waals surface area contributed by atoms with Crippen molar-refractivity contribution in [2.75, 3.05) is 26.3 Å². The summed E-state index contributed by atoms with van der Waals surface area (Å²) in [6, 6.07) is 11.1. The molecule has 0 radical (unpaired) electrons. The van der Waals surface area contributed by atoms with E-state index in [0.717, 1.165) is 11.3 Å². The van der Waals surface area contributed by atoms with Crippen molar-refractivity contribution in [2.24, 2.45) is 0 Å². The number of carbonyl (C=O) groups excluding carboxylic acids is 2. The second-order valence-corrected chi connectivity index (χ2v) is 7.79. The average Bonchev–Trinajstić information content (AvgIpc) is 3.15. The molecule has 1 saturated heterocycles. The summed E-state index contributed by atoms with van der Waals surface area (Å²) in [4.78, 5) is 31.9. The number of benzene rings is 1. The van der Waals surface area contributed by atoms with Crippen molar-refractivity contribution in [1.82, 2.24) is 14.3 Å². The predicted octanol–water partition coefficient (Wildman–Crippen LogP) is 3.84. The van der Waals surface area contributed by atoms with Crippen LogP contribution >= 0.6 is 11.6 Å². The van der Waals surface area contributed by atoms with Crippen molar-refractivity contribution < 1.29 is 14.3 Å². The number of aryl methyl sites for hydroxylation is 2. The minimum absolute atomic E-state index is 0.0258. The Labute approximate surface area is 180 Å². The molecule has 6 nitrogen and oxygen atoms in total. The molecule has 1 amide bonds. The molecule has 0 aliphatic carbocycles. The fraction of sp³-hybridized carbons (Fsp3) is 0.348. The number of hydrogen-bond acceptors (Lipinski definition) is 4. The number of imidazole rings is 1. The van der Waals surface area contributed by atoms with Gasteiger partial charge in [0.2, 0.25) is 0 Å². The molecule has 2 aromatic heterocycles. The lowest BCUT2D eigenvalue weighted by atomic mass is 10.0. The van der Waals surface area contributed by atoms with Gasteiger partial charge in [-0.3, -0.25) is 14.0 Å². The van der Waals surface area contributed by atoms with Crippen LogP contribution in [0.1, 0.15) is 45.4 Å². The van der Waals surface area contributed by atoms with Gasteiger partial charge in [-0.25, -0.2) is 4.98 Å². The van der Waals surface area contributed by atoms with Gasteiger partial charge in [-0.2, -0.15) is 0 Å². The summed E-state index contributed by atoms with van der Waals surface area (Å²) in [5.41, 5.74) is 3.79. The number of carbonyl (C=O) groups is 2. The molecule has 4 rings (SSSR count). The lowest BCUT2D eigenvalue weighted by Gasteiger charge is -2.26. The number of Topliss-reactive ketones (excluding diaryl/α,β-unsaturated/α-hetero) is 1. The van der Waals surface area contributed by atoms with Gasteiger partial charge in [0.05, 0.1) is 18.9 Å². The van der Waals surface area contributed by atoms with E-state index >= 15 is 0 Å². The van der Waals surface area contributed by atoms with E-state index in [9.17, 15) is 9.59 Å². The van der Waals surface area contributed by atoms with Crippen LogP contribution in [0.25, 0.3) is 5.65 Å². The Morgan fingerprint density at radius 1 is 1.13 bits per heavy atom. The molecule has 0 spiro atoms. The number of fused-ring (bicyclic) bond motifs is 1. The third kappa shape index (κ3) is 4.25. The van der Waals surface area contributed by atoms with Gasteiger partial charge in [0, 0.05) is 42.4 Å². The first-order chi connectivity index (χ1) is 14.6. The summed E-state index contributed by atoms with van der Waals surface area (Å²) in [6.45, 7) is 4.41. The summed E-state index contributed by atoms with van der Waals surface area (Å²) in [7, 11) is 0. The molecule has 0 saturated carbocycles. The van der Waals surface area contributed by atoms with E-state index in [1.54, 1.807) is 18.3 Å². The molecule has 0 N–H and O–H groups in total. The number of nitrogens with zero attached hydrogens (tertiary/aromatic N) is 3. The van der Waals surface area contributed by atoms with Crippen LogP contribution in [0.3, 0.4) is 0 Å². The third-order valence-corrected chi connectivity index (χ3v) is 5.63. The molecule has 1 aliphatic rings. The molecule has 3 heterocycles. The Morgan fingerprint density at radius 2 is 1.87 bits per heavy atom. The molecule has 0 unspecified atom stereocenters. The van der Waals surface area contributed by atoms with E-state index in [-0.39, 0.29) is 11.7 Å². The summed E-state index contributed by atoms with van der Waals surface area (Å²) in [5.74, 6) is 0.0769. The Hall–Kier alpha value is -2.70. The fourth-order valence-corrected chi connectivity index (χ4v) is 3.90. The van der Waals surface area contributed by atoms with Gasteiger partial charge in [-0.1, -0.05) is 30.7 Å². The minimum Gasteiger partial charge on any atom is -0.378 e. The van der Waals surface area contributed by atoms with E-state index in [1.807, 2.05) is 40.5 Å². The van der Waals surface area contributed by atoms with Crippen LogP contribution in [-0.4, -0.2) is 52.3 Å². The maximum absolute atomic E-state index is 13.0. The van der Waals surface area contributed by atoms with Gasteiger partial charge < -0.3 is 9.64 Å². The van der Waals surface area contributed by atoms with Crippen molar-refractivity contribution in [3.63, 3.8) is 0 Å². The number of aromatic nitrogens is 2. The number of amides is 1. The van der Waals surface area contributed by atoms with E-state index in [1.165, 1.54) is 0 Å². The van der Waals surface area contributed by atoms with E-state index < -0.39 is 0 Å². The van der Waals surface area contributed by atoms with Crippen LogP contribution in [0.5, 0.6) is 0 Å².